The molecule has 0 aliphatic heterocycles. The van der Waals surface area contributed by atoms with Crippen molar-refractivity contribution in [2.75, 3.05) is 0 Å². The summed E-state index contributed by atoms with van der Waals surface area (Å²) in [6.07, 6.45) is 7.79. The van der Waals surface area contributed by atoms with Crippen LogP contribution in [-0.2, 0) is 0 Å². The Morgan fingerprint density at radius 1 is 1.78 bits per heavy atom. The molecule has 3 heteroatoms. The number of hydrogen-bond acceptors (Lipinski definition) is 2. The van der Waals surface area contributed by atoms with Gasteiger partial charge in [-0.05, 0) is 5.92 Å². The molecule has 0 saturated heterocycles. The van der Waals surface area contributed by atoms with E-state index in [1.165, 1.54) is 12.4 Å². The Hall–Kier alpha value is -1.56. The standard InChI is InChI=1S/C6H4N2O/c1-2-5-6(9)8-4-3-7-5/h1,3-4H,(H,8,9). The third kappa shape index (κ3) is 0.970. The Kier molecular flexibility index (Phi) is 1.32. The molecule has 9 heavy (non-hydrogen) atoms. The van der Waals surface area contributed by atoms with Crippen LogP contribution >= 0.6 is 0 Å². The van der Waals surface area contributed by atoms with E-state index in [-0.39, 0.29) is 11.3 Å². The third-order valence-corrected chi connectivity index (χ3v) is 0.844. The highest BCUT2D eigenvalue weighted by Crippen LogP contribution is 1.74. The summed E-state index contributed by atoms with van der Waals surface area (Å²) in [7, 11) is 0. The molecule has 3 nitrogen and oxygen atoms in total. The van der Waals surface area contributed by atoms with Crippen molar-refractivity contribution in [3.05, 3.63) is 28.4 Å². The third-order valence-electron chi connectivity index (χ3n) is 0.844. The fourth-order valence-electron chi connectivity index (χ4n) is 0.455. The quantitative estimate of drug-likeness (QED) is 0.480. The average molecular weight is 120 g/mol. The van der Waals surface area contributed by atoms with E-state index in [4.69, 9.17) is 6.42 Å². The van der Waals surface area contributed by atoms with Crippen LogP contribution in [0.4, 0.5) is 0 Å². The molecule has 0 bridgehead atoms. The van der Waals surface area contributed by atoms with Crippen molar-refractivity contribution in [2.24, 2.45) is 0 Å². The Bertz CT molecular complexity index is 294. The summed E-state index contributed by atoms with van der Waals surface area (Å²) < 4.78 is 0. The molecule has 0 spiro atoms. The van der Waals surface area contributed by atoms with Gasteiger partial charge in [-0.1, -0.05) is 0 Å². The topological polar surface area (TPSA) is 45.8 Å². The SMILES string of the molecule is C#Cc1ncc[nH]c1=O. The predicted octanol–water partition coefficient (Wildman–Crippen LogP) is -0.249. The van der Waals surface area contributed by atoms with Crippen molar-refractivity contribution in [1.29, 1.82) is 0 Å². The maximum atomic E-state index is 10.6. The van der Waals surface area contributed by atoms with E-state index in [9.17, 15) is 4.79 Å². The number of nitrogens with one attached hydrogen (secondary N) is 1. The predicted molar refractivity (Wildman–Crippen MR) is 32.8 cm³/mol. The lowest BCUT2D eigenvalue weighted by atomic mass is 10.5. The zero-order valence-electron chi connectivity index (χ0n) is 4.59. The lowest BCUT2D eigenvalue weighted by Gasteiger charge is -1.82. The van der Waals surface area contributed by atoms with Gasteiger partial charge in [0.2, 0.25) is 0 Å². The second kappa shape index (κ2) is 2.14. The summed E-state index contributed by atoms with van der Waals surface area (Å²) in [5, 5.41) is 0. The minimum Gasteiger partial charge on any atom is -0.325 e. The van der Waals surface area contributed by atoms with E-state index < -0.39 is 0 Å². The summed E-state index contributed by atoms with van der Waals surface area (Å²) in [6, 6.07) is 0. The average Bonchev–Trinajstić information content (AvgIpc) is 1.89. The zero-order valence-corrected chi connectivity index (χ0v) is 4.59. The van der Waals surface area contributed by atoms with Gasteiger partial charge in [0.25, 0.3) is 5.56 Å². The first-order valence-corrected chi connectivity index (χ1v) is 2.35. The van der Waals surface area contributed by atoms with Crippen molar-refractivity contribution in [2.45, 2.75) is 0 Å². The van der Waals surface area contributed by atoms with Gasteiger partial charge in [0, 0.05) is 12.4 Å². The number of aromatic nitrogens is 2. The first-order chi connectivity index (χ1) is 4.34. The van der Waals surface area contributed by atoms with Crippen LogP contribution in [0.5, 0.6) is 0 Å². The summed E-state index contributed by atoms with van der Waals surface area (Å²) in [6.45, 7) is 0. The lowest BCUT2D eigenvalue weighted by molar-refractivity contribution is 1.11. The molecule has 1 rings (SSSR count). The van der Waals surface area contributed by atoms with Gasteiger partial charge in [0.15, 0.2) is 5.69 Å². The fraction of sp³-hybridized carbons (Fsp3) is 0. The molecule has 1 N–H and O–H groups in total. The van der Waals surface area contributed by atoms with Gasteiger partial charge in [-0.25, -0.2) is 4.98 Å². The van der Waals surface area contributed by atoms with Gasteiger partial charge in [0.1, 0.15) is 0 Å². The Morgan fingerprint density at radius 3 is 3.00 bits per heavy atom. The molecule has 0 amide bonds. The van der Waals surface area contributed by atoms with Gasteiger partial charge in [-0.15, -0.1) is 6.42 Å². The largest absolute Gasteiger partial charge is 0.325 e. The smallest absolute Gasteiger partial charge is 0.282 e. The maximum Gasteiger partial charge on any atom is 0.282 e. The molecule has 0 atom stereocenters. The van der Waals surface area contributed by atoms with Crippen molar-refractivity contribution >= 4 is 0 Å². The number of H-pyrrole nitrogens is 1. The molecule has 1 aromatic heterocycles. The molecule has 1 aromatic rings. The van der Waals surface area contributed by atoms with E-state index in [0.29, 0.717) is 0 Å². The second-order valence-corrected chi connectivity index (χ2v) is 1.41. The van der Waals surface area contributed by atoms with E-state index in [1.54, 1.807) is 0 Å². The monoisotopic (exact) mass is 120 g/mol. The number of nitrogens with zero attached hydrogens (tertiary/aromatic N) is 1. The summed E-state index contributed by atoms with van der Waals surface area (Å²) in [5.74, 6) is 2.14. The van der Waals surface area contributed by atoms with Gasteiger partial charge in [-0.3, -0.25) is 4.79 Å². The van der Waals surface area contributed by atoms with Crippen LogP contribution < -0.4 is 5.56 Å². The summed E-state index contributed by atoms with van der Waals surface area (Å²) >= 11 is 0. The molecular formula is C6H4N2O. The van der Waals surface area contributed by atoms with Crippen molar-refractivity contribution in [1.82, 2.24) is 9.97 Å². The minimum absolute atomic E-state index is 0.123. The van der Waals surface area contributed by atoms with E-state index in [0.717, 1.165) is 0 Å². The fourth-order valence-corrected chi connectivity index (χ4v) is 0.455. The van der Waals surface area contributed by atoms with Crippen LogP contribution in [-0.4, -0.2) is 9.97 Å². The van der Waals surface area contributed by atoms with Gasteiger partial charge >= 0.3 is 0 Å². The van der Waals surface area contributed by atoms with E-state index >= 15 is 0 Å². The van der Waals surface area contributed by atoms with Gasteiger partial charge in [0.05, 0.1) is 0 Å². The molecule has 44 valence electrons. The van der Waals surface area contributed by atoms with Gasteiger partial charge < -0.3 is 4.98 Å². The molecule has 0 saturated carbocycles. The molecule has 0 aliphatic carbocycles. The van der Waals surface area contributed by atoms with Crippen molar-refractivity contribution < 1.29 is 0 Å². The number of terminal acetylenes is 1. The molecule has 0 unspecified atom stereocenters. The zero-order chi connectivity index (χ0) is 6.69. The Morgan fingerprint density at radius 2 is 2.56 bits per heavy atom. The van der Waals surface area contributed by atoms with Crippen molar-refractivity contribution in [3.8, 4) is 12.3 Å². The number of aromatic amines is 1. The van der Waals surface area contributed by atoms with Crippen molar-refractivity contribution in [3.63, 3.8) is 0 Å². The molecule has 1 heterocycles. The van der Waals surface area contributed by atoms with Crippen LogP contribution in [0.1, 0.15) is 5.69 Å². The van der Waals surface area contributed by atoms with Crippen LogP contribution in [0.25, 0.3) is 0 Å². The first kappa shape index (κ1) is 5.57. The highest BCUT2D eigenvalue weighted by Gasteiger charge is 1.89. The van der Waals surface area contributed by atoms with E-state index in [2.05, 4.69) is 15.9 Å². The second-order valence-electron chi connectivity index (χ2n) is 1.41. The van der Waals surface area contributed by atoms with Gasteiger partial charge in [-0.2, -0.15) is 0 Å². The number of rotatable bonds is 0. The Labute approximate surface area is 51.8 Å². The molecule has 0 radical (unpaired) electrons. The normalized spacial score (nSPS) is 8.33. The van der Waals surface area contributed by atoms with E-state index in [1.807, 2.05) is 0 Å². The molecule has 0 aliphatic rings. The maximum absolute atomic E-state index is 10.6. The van der Waals surface area contributed by atoms with Crippen LogP contribution in [0, 0.1) is 12.3 Å². The van der Waals surface area contributed by atoms with Crippen LogP contribution in [0.2, 0.25) is 0 Å². The number of hydrogen-bond donors (Lipinski definition) is 1. The molecular weight excluding hydrogens is 116 g/mol. The minimum atomic E-state index is -0.319. The van der Waals surface area contributed by atoms with Crippen LogP contribution in [0.3, 0.4) is 0 Å². The summed E-state index contributed by atoms with van der Waals surface area (Å²) in [5.41, 5.74) is -0.197. The lowest BCUT2D eigenvalue weighted by Crippen LogP contribution is -2.10. The highest BCUT2D eigenvalue weighted by atomic mass is 16.1. The highest BCUT2D eigenvalue weighted by molar-refractivity contribution is 5.19. The van der Waals surface area contributed by atoms with Crippen LogP contribution in [0.15, 0.2) is 17.2 Å². The summed E-state index contributed by atoms with van der Waals surface area (Å²) in [4.78, 5) is 16.6. The Balaban J connectivity index is 3.38. The molecule has 0 fully saturated rings. The molecule has 0 aromatic carbocycles. The first-order valence-electron chi connectivity index (χ1n) is 2.35.